The Hall–Kier alpha value is -0.990. The van der Waals surface area contributed by atoms with Gasteiger partial charge in [0.15, 0.2) is 0 Å². The van der Waals surface area contributed by atoms with Crippen molar-refractivity contribution in [1.82, 2.24) is 4.98 Å². The summed E-state index contributed by atoms with van der Waals surface area (Å²) in [4.78, 5) is 6.88. The number of fused-ring (bicyclic) bond motifs is 1. The Kier molecular flexibility index (Phi) is 4.32. The number of alkyl halides is 1. The smallest absolute Gasteiger partial charge is 0.0737 e. The first-order valence-electron chi connectivity index (χ1n) is 7.16. The lowest BCUT2D eigenvalue weighted by molar-refractivity contribution is 0.623. The van der Waals surface area contributed by atoms with Crippen LogP contribution >= 0.6 is 23.2 Å². The molecule has 1 heterocycles. The van der Waals surface area contributed by atoms with Gasteiger partial charge in [-0.1, -0.05) is 24.4 Å². The Bertz CT molecular complexity index is 594. The number of anilines is 1. The molecule has 1 saturated carbocycles. The van der Waals surface area contributed by atoms with Gasteiger partial charge in [-0.05, 0) is 37.1 Å². The molecule has 0 N–H and O–H groups in total. The van der Waals surface area contributed by atoms with E-state index in [9.17, 15) is 0 Å². The maximum absolute atomic E-state index is 6.06. The summed E-state index contributed by atoms with van der Waals surface area (Å²) in [5.41, 5.74) is 2.19. The van der Waals surface area contributed by atoms with Gasteiger partial charge in [0.05, 0.1) is 5.52 Å². The first kappa shape index (κ1) is 14.0. The zero-order valence-electron chi connectivity index (χ0n) is 11.4. The van der Waals surface area contributed by atoms with Crippen LogP contribution in [0.5, 0.6) is 0 Å². The zero-order valence-corrected chi connectivity index (χ0v) is 12.9. The van der Waals surface area contributed by atoms with Crippen LogP contribution in [0.15, 0.2) is 30.5 Å². The van der Waals surface area contributed by atoms with Gasteiger partial charge in [-0.25, -0.2) is 0 Å². The number of rotatable bonds is 4. The van der Waals surface area contributed by atoms with Crippen molar-refractivity contribution < 1.29 is 0 Å². The summed E-state index contributed by atoms with van der Waals surface area (Å²) in [6.45, 7) is 0.883. The topological polar surface area (TPSA) is 16.1 Å². The predicted octanol–water partition coefficient (Wildman–Crippen LogP) is 4.88. The Labute approximate surface area is 129 Å². The number of aromatic nitrogens is 1. The normalized spacial score (nSPS) is 15.9. The highest BCUT2D eigenvalue weighted by atomic mass is 35.5. The summed E-state index contributed by atoms with van der Waals surface area (Å²) >= 11 is 12.1. The van der Waals surface area contributed by atoms with E-state index in [1.807, 2.05) is 18.3 Å². The van der Waals surface area contributed by atoms with Crippen LogP contribution < -0.4 is 4.90 Å². The van der Waals surface area contributed by atoms with Crippen molar-refractivity contribution in [2.75, 3.05) is 17.3 Å². The van der Waals surface area contributed by atoms with Gasteiger partial charge in [-0.3, -0.25) is 4.98 Å². The lowest BCUT2D eigenvalue weighted by Gasteiger charge is -2.31. The molecule has 106 valence electrons. The minimum absolute atomic E-state index is 0.607. The summed E-state index contributed by atoms with van der Waals surface area (Å²) < 4.78 is 0. The van der Waals surface area contributed by atoms with E-state index in [1.165, 1.54) is 31.4 Å². The van der Waals surface area contributed by atoms with E-state index >= 15 is 0 Å². The number of hydrogen-bond acceptors (Lipinski definition) is 2. The van der Waals surface area contributed by atoms with E-state index in [1.54, 1.807) is 0 Å². The summed E-state index contributed by atoms with van der Waals surface area (Å²) in [7, 11) is 0. The van der Waals surface area contributed by atoms with Crippen molar-refractivity contribution in [3.63, 3.8) is 0 Å². The van der Waals surface area contributed by atoms with Crippen LogP contribution in [0.2, 0.25) is 5.02 Å². The van der Waals surface area contributed by atoms with Gasteiger partial charge in [0, 0.05) is 40.8 Å². The molecule has 1 aliphatic rings. The van der Waals surface area contributed by atoms with Crippen LogP contribution in [-0.2, 0) is 0 Å². The number of halogens is 2. The monoisotopic (exact) mass is 308 g/mol. The molecule has 0 bridgehead atoms. The minimum atomic E-state index is 0.607. The SMILES string of the molecule is ClCCN(c1ccnc2cc(Cl)ccc12)C1CCCC1. The molecular formula is C16H18Cl2N2. The third kappa shape index (κ3) is 2.72. The molecule has 0 atom stereocenters. The van der Waals surface area contributed by atoms with Crippen molar-refractivity contribution >= 4 is 39.8 Å². The molecule has 4 heteroatoms. The van der Waals surface area contributed by atoms with E-state index < -0.39 is 0 Å². The fourth-order valence-corrected chi connectivity index (χ4v) is 3.51. The average molecular weight is 309 g/mol. The van der Waals surface area contributed by atoms with E-state index in [0.717, 1.165) is 22.5 Å². The lowest BCUT2D eigenvalue weighted by Crippen LogP contribution is -2.35. The maximum atomic E-state index is 6.06. The van der Waals surface area contributed by atoms with E-state index in [0.29, 0.717) is 11.9 Å². The predicted molar refractivity (Wildman–Crippen MR) is 87.1 cm³/mol. The van der Waals surface area contributed by atoms with Crippen LogP contribution in [-0.4, -0.2) is 23.5 Å². The second-order valence-corrected chi connectivity index (χ2v) is 6.13. The Morgan fingerprint density at radius 1 is 1.20 bits per heavy atom. The summed E-state index contributed by atoms with van der Waals surface area (Å²) in [6, 6.07) is 8.63. The van der Waals surface area contributed by atoms with Crippen molar-refractivity contribution in [3.05, 3.63) is 35.5 Å². The molecule has 1 aromatic carbocycles. The zero-order chi connectivity index (χ0) is 13.9. The molecule has 0 saturated heterocycles. The first-order valence-corrected chi connectivity index (χ1v) is 8.08. The van der Waals surface area contributed by atoms with Crippen LogP contribution in [0, 0.1) is 0 Å². The number of benzene rings is 1. The fourth-order valence-electron chi connectivity index (χ4n) is 3.16. The summed E-state index contributed by atoms with van der Waals surface area (Å²) in [5, 5.41) is 1.89. The highest BCUT2D eigenvalue weighted by Gasteiger charge is 2.23. The lowest BCUT2D eigenvalue weighted by atomic mass is 10.1. The quantitative estimate of drug-likeness (QED) is 0.749. The van der Waals surface area contributed by atoms with E-state index in [2.05, 4.69) is 22.0 Å². The van der Waals surface area contributed by atoms with E-state index in [4.69, 9.17) is 23.2 Å². The second-order valence-electron chi connectivity index (χ2n) is 5.31. The highest BCUT2D eigenvalue weighted by molar-refractivity contribution is 6.31. The molecule has 3 rings (SSSR count). The Morgan fingerprint density at radius 3 is 2.75 bits per heavy atom. The van der Waals surface area contributed by atoms with Crippen LogP contribution in [0.4, 0.5) is 5.69 Å². The molecule has 0 unspecified atom stereocenters. The molecule has 1 aliphatic carbocycles. The Morgan fingerprint density at radius 2 is 2.00 bits per heavy atom. The van der Waals surface area contributed by atoms with Crippen LogP contribution in [0.1, 0.15) is 25.7 Å². The summed E-state index contributed by atoms with van der Waals surface area (Å²) in [5.74, 6) is 0.647. The molecule has 1 fully saturated rings. The molecule has 1 aromatic heterocycles. The van der Waals surface area contributed by atoms with Crippen molar-refractivity contribution in [2.45, 2.75) is 31.7 Å². The maximum Gasteiger partial charge on any atom is 0.0737 e. The van der Waals surface area contributed by atoms with Gasteiger partial charge in [0.25, 0.3) is 0 Å². The Balaban J connectivity index is 2.05. The van der Waals surface area contributed by atoms with Gasteiger partial charge in [0.2, 0.25) is 0 Å². The van der Waals surface area contributed by atoms with Gasteiger partial charge in [0.1, 0.15) is 0 Å². The summed E-state index contributed by atoms with van der Waals surface area (Å²) in [6.07, 6.45) is 7.02. The van der Waals surface area contributed by atoms with Crippen molar-refractivity contribution in [2.24, 2.45) is 0 Å². The number of hydrogen-bond donors (Lipinski definition) is 0. The second kappa shape index (κ2) is 6.19. The third-order valence-corrected chi connectivity index (χ3v) is 4.49. The van der Waals surface area contributed by atoms with Gasteiger partial charge < -0.3 is 4.90 Å². The number of nitrogens with zero attached hydrogens (tertiary/aromatic N) is 2. The van der Waals surface area contributed by atoms with E-state index in [-0.39, 0.29) is 0 Å². The van der Waals surface area contributed by atoms with Crippen LogP contribution in [0.3, 0.4) is 0 Å². The van der Waals surface area contributed by atoms with Gasteiger partial charge in [-0.2, -0.15) is 0 Å². The molecule has 0 spiro atoms. The molecular weight excluding hydrogens is 291 g/mol. The van der Waals surface area contributed by atoms with Crippen molar-refractivity contribution in [1.29, 1.82) is 0 Å². The third-order valence-electron chi connectivity index (χ3n) is 4.08. The molecule has 0 aliphatic heterocycles. The van der Waals surface area contributed by atoms with Crippen molar-refractivity contribution in [3.8, 4) is 0 Å². The average Bonchev–Trinajstić information content (AvgIpc) is 2.98. The fraction of sp³-hybridized carbons (Fsp3) is 0.438. The standard InChI is InChI=1S/C16H18Cl2N2/c17-8-10-20(13-3-1-2-4-13)16-7-9-19-15-11-12(18)5-6-14(15)16/h5-7,9,11,13H,1-4,8,10H2. The largest absolute Gasteiger partial charge is 0.367 e. The number of pyridine rings is 1. The van der Waals surface area contributed by atoms with Gasteiger partial charge in [-0.15, -0.1) is 11.6 Å². The van der Waals surface area contributed by atoms with Crippen LogP contribution in [0.25, 0.3) is 10.9 Å². The molecule has 2 nitrogen and oxygen atoms in total. The molecule has 2 aromatic rings. The first-order chi connectivity index (χ1) is 9.79. The minimum Gasteiger partial charge on any atom is -0.367 e. The molecule has 0 radical (unpaired) electrons. The molecule has 0 amide bonds. The van der Waals surface area contributed by atoms with Gasteiger partial charge >= 0.3 is 0 Å². The molecule has 20 heavy (non-hydrogen) atoms. The highest BCUT2D eigenvalue weighted by Crippen LogP contribution is 2.33.